The second-order valence-electron chi connectivity index (χ2n) is 6.54. The molecular weight excluding hydrogens is 254 g/mol. The van der Waals surface area contributed by atoms with E-state index in [2.05, 4.69) is 5.32 Å². The minimum atomic E-state index is -0.490. The topological polar surface area (TPSA) is 47.6 Å². The van der Waals surface area contributed by atoms with Gasteiger partial charge < -0.3 is 14.8 Å². The average Bonchev–Trinajstić information content (AvgIpc) is 2.24. The highest BCUT2D eigenvalue weighted by atomic mass is 16.6. The number of carbonyl (C=O) groups excluding carboxylic acids is 1. The number of methoxy groups -OCH3 is 1. The Labute approximate surface area is 121 Å². The fourth-order valence-electron chi connectivity index (χ4n) is 1.92. The van der Waals surface area contributed by atoms with E-state index in [0.29, 0.717) is 6.42 Å². The van der Waals surface area contributed by atoms with Crippen LogP contribution in [0.25, 0.3) is 0 Å². The first-order valence-electron chi connectivity index (χ1n) is 6.75. The minimum Gasteiger partial charge on any atom is -0.497 e. The van der Waals surface area contributed by atoms with E-state index >= 15 is 0 Å². The predicted molar refractivity (Wildman–Crippen MR) is 80.1 cm³/mol. The van der Waals surface area contributed by atoms with Crippen LogP contribution in [0.2, 0.25) is 0 Å². The Bertz CT molecular complexity index is 461. The summed E-state index contributed by atoms with van der Waals surface area (Å²) in [5.41, 5.74) is 0.218. The molecule has 0 fully saturated rings. The summed E-state index contributed by atoms with van der Waals surface area (Å²) in [6.07, 6.45) is 0.300. The number of alkyl carbamates (subject to hydrolysis) is 1. The summed E-state index contributed by atoms with van der Waals surface area (Å²) < 4.78 is 10.5. The first kappa shape index (κ1) is 16.3. The number of amides is 1. The van der Waals surface area contributed by atoms with Crippen molar-refractivity contribution in [1.82, 2.24) is 5.32 Å². The van der Waals surface area contributed by atoms with Gasteiger partial charge in [0.25, 0.3) is 0 Å². The number of rotatable bonds is 4. The van der Waals surface area contributed by atoms with E-state index in [9.17, 15) is 4.79 Å². The smallest absolute Gasteiger partial charge is 0.408 e. The first-order valence-corrected chi connectivity index (χ1v) is 6.75. The van der Waals surface area contributed by atoms with Gasteiger partial charge >= 0.3 is 6.09 Å². The maximum atomic E-state index is 11.8. The molecule has 0 unspecified atom stereocenters. The zero-order valence-corrected chi connectivity index (χ0v) is 13.2. The highest BCUT2D eigenvalue weighted by molar-refractivity contribution is 5.68. The summed E-state index contributed by atoms with van der Waals surface area (Å²) in [5, 5.41) is 2.90. The number of hydrogen-bond acceptors (Lipinski definition) is 3. The van der Waals surface area contributed by atoms with Crippen LogP contribution in [0.15, 0.2) is 24.3 Å². The van der Waals surface area contributed by atoms with E-state index in [1.54, 1.807) is 7.11 Å². The molecule has 20 heavy (non-hydrogen) atoms. The van der Waals surface area contributed by atoms with Crippen LogP contribution in [0.3, 0.4) is 0 Å². The third kappa shape index (κ3) is 5.95. The molecule has 1 aromatic carbocycles. The van der Waals surface area contributed by atoms with Crippen LogP contribution < -0.4 is 10.1 Å². The van der Waals surface area contributed by atoms with Gasteiger partial charge in [0.15, 0.2) is 0 Å². The predicted octanol–water partition coefficient (Wildman–Crippen LogP) is 3.54. The van der Waals surface area contributed by atoms with Crippen LogP contribution in [-0.4, -0.2) is 24.3 Å². The molecule has 1 aromatic rings. The van der Waals surface area contributed by atoms with Gasteiger partial charge in [-0.25, -0.2) is 4.79 Å². The molecule has 0 heterocycles. The molecule has 0 atom stereocenters. The molecule has 0 bridgehead atoms. The highest BCUT2D eigenvalue weighted by Crippen LogP contribution is 2.18. The van der Waals surface area contributed by atoms with E-state index < -0.39 is 17.2 Å². The summed E-state index contributed by atoms with van der Waals surface area (Å²) in [4.78, 5) is 11.8. The van der Waals surface area contributed by atoms with Gasteiger partial charge in [0.1, 0.15) is 11.4 Å². The van der Waals surface area contributed by atoms with Crippen molar-refractivity contribution in [3.8, 4) is 5.75 Å². The van der Waals surface area contributed by atoms with Gasteiger partial charge in [0.05, 0.1) is 7.11 Å². The highest BCUT2D eigenvalue weighted by Gasteiger charge is 2.24. The molecule has 1 rings (SSSR count). The summed E-state index contributed by atoms with van der Waals surface area (Å²) in [7, 11) is 1.64. The van der Waals surface area contributed by atoms with Crippen molar-refractivity contribution in [3.05, 3.63) is 29.8 Å². The van der Waals surface area contributed by atoms with Crippen molar-refractivity contribution in [1.29, 1.82) is 0 Å². The number of carbonyl (C=O) groups is 1. The van der Waals surface area contributed by atoms with E-state index in [0.717, 1.165) is 11.3 Å². The van der Waals surface area contributed by atoms with Crippen LogP contribution in [0.4, 0.5) is 4.79 Å². The third-order valence-electron chi connectivity index (χ3n) is 2.62. The summed E-state index contributed by atoms with van der Waals surface area (Å²) in [5.74, 6) is 0.815. The zero-order chi connectivity index (χ0) is 15.4. The molecule has 4 nitrogen and oxygen atoms in total. The molecule has 0 saturated carbocycles. The molecule has 4 heteroatoms. The molecule has 0 aliphatic carbocycles. The van der Waals surface area contributed by atoms with Crippen molar-refractivity contribution in [2.45, 2.75) is 52.2 Å². The Morgan fingerprint density at radius 3 is 2.40 bits per heavy atom. The molecule has 0 aromatic heterocycles. The van der Waals surface area contributed by atoms with Crippen LogP contribution in [-0.2, 0) is 11.2 Å². The van der Waals surface area contributed by atoms with Gasteiger partial charge in [-0.1, -0.05) is 12.1 Å². The lowest BCUT2D eigenvalue weighted by molar-refractivity contribution is 0.0472. The number of ether oxygens (including phenoxy) is 2. The molecule has 112 valence electrons. The maximum absolute atomic E-state index is 11.8. The Balaban J connectivity index is 2.66. The fourth-order valence-corrected chi connectivity index (χ4v) is 1.92. The normalized spacial score (nSPS) is 11.9. The van der Waals surface area contributed by atoms with E-state index in [4.69, 9.17) is 9.47 Å². The lowest BCUT2D eigenvalue weighted by atomic mass is 9.95. The molecule has 0 radical (unpaired) electrons. The van der Waals surface area contributed by atoms with Crippen molar-refractivity contribution in [3.63, 3.8) is 0 Å². The molecule has 1 amide bonds. The van der Waals surface area contributed by atoms with E-state index in [1.165, 1.54) is 0 Å². The molecule has 0 aliphatic heterocycles. The van der Waals surface area contributed by atoms with Crippen LogP contribution in [0.5, 0.6) is 5.75 Å². The SMILES string of the molecule is COc1cccc(CC(C)(C)NC(=O)OC(C)(C)C)c1. The van der Waals surface area contributed by atoms with E-state index in [-0.39, 0.29) is 0 Å². The first-order chi connectivity index (χ1) is 9.11. The standard InChI is InChI=1S/C16H25NO3/c1-15(2,3)20-14(18)17-16(4,5)11-12-8-7-9-13(10-12)19-6/h7-10H,11H2,1-6H3,(H,17,18). The Morgan fingerprint density at radius 2 is 1.85 bits per heavy atom. The van der Waals surface area contributed by atoms with Crippen molar-refractivity contribution in [2.24, 2.45) is 0 Å². The van der Waals surface area contributed by atoms with Crippen LogP contribution in [0, 0.1) is 0 Å². The van der Waals surface area contributed by atoms with Crippen LogP contribution in [0.1, 0.15) is 40.2 Å². The second kappa shape index (κ2) is 6.16. The fraction of sp³-hybridized carbons (Fsp3) is 0.562. The Hall–Kier alpha value is -1.71. The Kier molecular flexibility index (Phi) is 5.03. The summed E-state index contributed by atoms with van der Waals surface area (Å²) in [6, 6.07) is 7.83. The number of hydrogen-bond donors (Lipinski definition) is 1. The second-order valence-corrected chi connectivity index (χ2v) is 6.54. The molecule has 0 spiro atoms. The van der Waals surface area contributed by atoms with Gasteiger partial charge in [0.2, 0.25) is 0 Å². The molecular formula is C16H25NO3. The summed E-state index contributed by atoms with van der Waals surface area (Å²) >= 11 is 0. The van der Waals surface area contributed by atoms with Gasteiger partial charge in [-0.15, -0.1) is 0 Å². The lowest BCUT2D eigenvalue weighted by Gasteiger charge is -2.28. The van der Waals surface area contributed by atoms with Gasteiger partial charge in [0, 0.05) is 5.54 Å². The number of benzene rings is 1. The van der Waals surface area contributed by atoms with Crippen molar-refractivity contribution < 1.29 is 14.3 Å². The average molecular weight is 279 g/mol. The molecule has 0 aliphatic rings. The van der Waals surface area contributed by atoms with Crippen molar-refractivity contribution in [2.75, 3.05) is 7.11 Å². The van der Waals surface area contributed by atoms with Gasteiger partial charge in [-0.3, -0.25) is 0 Å². The monoisotopic (exact) mass is 279 g/mol. The molecule has 1 N–H and O–H groups in total. The molecule has 0 saturated heterocycles. The maximum Gasteiger partial charge on any atom is 0.408 e. The third-order valence-corrected chi connectivity index (χ3v) is 2.62. The Morgan fingerprint density at radius 1 is 1.20 bits per heavy atom. The largest absolute Gasteiger partial charge is 0.497 e. The lowest BCUT2D eigenvalue weighted by Crippen LogP contribution is -2.47. The summed E-state index contributed by atoms with van der Waals surface area (Å²) in [6.45, 7) is 9.48. The van der Waals surface area contributed by atoms with Crippen LogP contribution >= 0.6 is 0 Å². The van der Waals surface area contributed by atoms with Gasteiger partial charge in [-0.2, -0.15) is 0 Å². The minimum absolute atomic E-state index is 0.394. The van der Waals surface area contributed by atoms with E-state index in [1.807, 2.05) is 58.9 Å². The zero-order valence-electron chi connectivity index (χ0n) is 13.2. The van der Waals surface area contributed by atoms with Crippen molar-refractivity contribution >= 4 is 6.09 Å². The van der Waals surface area contributed by atoms with Gasteiger partial charge in [-0.05, 0) is 58.7 Å². The number of nitrogens with one attached hydrogen (secondary N) is 1. The quantitative estimate of drug-likeness (QED) is 0.917.